The number of anilines is 1. The van der Waals surface area contributed by atoms with Crippen molar-refractivity contribution in [1.82, 2.24) is 20.3 Å². The van der Waals surface area contributed by atoms with E-state index in [1.165, 1.54) is 12.4 Å². The summed E-state index contributed by atoms with van der Waals surface area (Å²) in [6.07, 6.45) is 2.88. The number of hydrogen-bond acceptors (Lipinski definition) is 6. The molecule has 1 aromatic heterocycles. The number of nitrogens with one attached hydrogen (secondary N) is 1. The lowest BCUT2D eigenvalue weighted by Gasteiger charge is -2.19. The predicted molar refractivity (Wildman–Crippen MR) is 68.0 cm³/mol. The Morgan fingerprint density at radius 3 is 2.37 bits per heavy atom. The lowest BCUT2D eigenvalue weighted by Crippen LogP contribution is -2.28. The van der Waals surface area contributed by atoms with E-state index in [0.717, 1.165) is 26.2 Å². The molecular formula is C12H17N5O2. The van der Waals surface area contributed by atoms with Crippen LogP contribution in [0.15, 0.2) is 12.4 Å². The van der Waals surface area contributed by atoms with Crippen molar-refractivity contribution in [2.24, 2.45) is 11.8 Å². The summed E-state index contributed by atoms with van der Waals surface area (Å²) in [4.78, 5) is 24.1. The van der Waals surface area contributed by atoms with Crippen molar-refractivity contribution in [3.05, 3.63) is 18.0 Å². The first kappa shape index (κ1) is 12.3. The van der Waals surface area contributed by atoms with Crippen molar-refractivity contribution in [1.29, 1.82) is 0 Å². The number of carbonyl (C=O) groups is 1. The first-order valence-electron chi connectivity index (χ1n) is 6.37. The van der Waals surface area contributed by atoms with E-state index in [0.29, 0.717) is 17.8 Å². The fourth-order valence-electron chi connectivity index (χ4n) is 3.06. The van der Waals surface area contributed by atoms with Gasteiger partial charge < -0.3 is 9.80 Å². The quantitative estimate of drug-likeness (QED) is 0.558. The number of aromatic nitrogens is 2. The molecule has 0 radical (unpaired) electrons. The van der Waals surface area contributed by atoms with Crippen LogP contribution >= 0.6 is 0 Å². The standard InChI is InChI=1S/C12H17N5O2/c1-16-4-9-6-17(7-10(9)5-16)12-13-2-8(3-14-12)11(18)15-19/h2-3,9-10,19H,4-7H2,1H3,(H,15,18). The summed E-state index contributed by atoms with van der Waals surface area (Å²) in [5, 5.41) is 8.53. The second-order valence-electron chi connectivity index (χ2n) is 5.36. The van der Waals surface area contributed by atoms with Crippen LogP contribution in [0.5, 0.6) is 0 Å². The molecule has 0 spiro atoms. The molecule has 0 bridgehead atoms. The highest BCUT2D eigenvalue weighted by Gasteiger charge is 2.39. The monoisotopic (exact) mass is 263 g/mol. The summed E-state index contributed by atoms with van der Waals surface area (Å²) < 4.78 is 0. The summed E-state index contributed by atoms with van der Waals surface area (Å²) in [6, 6.07) is 0. The van der Waals surface area contributed by atoms with Gasteiger partial charge in [-0.05, 0) is 18.9 Å². The molecule has 3 rings (SSSR count). The summed E-state index contributed by atoms with van der Waals surface area (Å²) in [7, 11) is 2.15. The summed E-state index contributed by atoms with van der Waals surface area (Å²) in [6.45, 7) is 4.21. The van der Waals surface area contributed by atoms with E-state index in [9.17, 15) is 4.79 Å². The molecule has 2 aliphatic heterocycles. The molecule has 0 saturated carbocycles. The zero-order valence-corrected chi connectivity index (χ0v) is 10.8. The minimum Gasteiger partial charge on any atom is -0.340 e. The van der Waals surface area contributed by atoms with Crippen LogP contribution in [0, 0.1) is 11.8 Å². The lowest BCUT2D eigenvalue weighted by atomic mass is 10.0. The third-order valence-corrected chi connectivity index (χ3v) is 3.95. The Morgan fingerprint density at radius 2 is 1.84 bits per heavy atom. The fourth-order valence-corrected chi connectivity index (χ4v) is 3.06. The number of rotatable bonds is 2. The topological polar surface area (TPSA) is 81.6 Å². The number of nitrogens with zero attached hydrogens (tertiary/aromatic N) is 4. The minimum absolute atomic E-state index is 0.255. The molecule has 2 atom stereocenters. The van der Waals surface area contributed by atoms with Crippen molar-refractivity contribution < 1.29 is 10.0 Å². The maximum absolute atomic E-state index is 11.2. The average molecular weight is 263 g/mol. The zero-order chi connectivity index (χ0) is 13.4. The first-order chi connectivity index (χ1) is 9.17. The Hall–Kier alpha value is -1.73. The van der Waals surface area contributed by atoms with Crippen molar-refractivity contribution in [2.45, 2.75) is 0 Å². The molecule has 0 aromatic carbocycles. The summed E-state index contributed by atoms with van der Waals surface area (Å²) >= 11 is 0. The van der Waals surface area contributed by atoms with Gasteiger partial charge in [-0.3, -0.25) is 10.0 Å². The number of hydroxylamine groups is 1. The molecule has 2 saturated heterocycles. The van der Waals surface area contributed by atoms with Gasteiger partial charge in [0.2, 0.25) is 5.95 Å². The Balaban J connectivity index is 1.69. The molecule has 1 amide bonds. The molecular weight excluding hydrogens is 246 g/mol. The minimum atomic E-state index is -0.591. The third-order valence-electron chi connectivity index (χ3n) is 3.95. The van der Waals surface area contributed by atoms with Crippen LogP contribution in [-0.2, 0) is 0 Å². The SMILES string of the molecule is CN1CC2CN(c3ncc(C(=O)NO)cn3)CC2C1. The number of hydrogen-bond donors (Lipinski definition) is 2. The van der Waals surface area contributed by atoms with Crippen molar-refractivity contribution >= 4 is 11.9 Å². The summed E-state index contributed by atoms with van der Waals surface area (Å²) in [5.41, 5.74) is 1.82. The normalized spacial score (nSPS) is 26.5. The van der Waals surface area contributed by atoms with E-state index in [1.54, 1.807) is 5.48 Å². The molecule has 3 heterocycles. The smallest absolute Gasteiger partial charge is 0.277 e. The highest BCUT2D eigenvalue weighted by atomic mass is 16.5. The molecule has 2 aliphatic rings. The maximum Gasteiger partial charge on any atom is 0.277 e. The fraction of sp³-hybridized carbons (Fsp3) is 0.583. The van der Waals surface area contributed by atoms with Gasteiger partial charge in [0.25, 0.3) is 5.91 Å². The molecule has 2 unspecified atom stereocenters. The van der Waals surface area contributed by atoms with Gasteiger partial charge in [-0.25, -0.2) is 15.4 Å². The van der Waals surface area contributed by atoms with Crippen LogP contribution in [0.1, 0.15) is 10.4 Å². The van der Waals surface area contributed by atoms with Gasteiger partial charge in [-0.2, -0.15) is 0 Å². The van der Waals surface area contributed by atoms with E-state index >= 15 is 0 Å². The van der Waals surface area contributed by atoms with E-state index in [2.05, 4.69) is 26.8 Å². The van der Waals surface area contributed by atoms with Gasteiger partial charge >= 0.3 is 0 Å². The highest BCUT2D eigenvalue weighted by Crippen LogP contribution is 2.31. The summed E-state index contributed by atoms with van der Waals surface area (Å²) in [5.74, 6) is 1.45. The third kappa shape index (κ3) is 2.26. The maximum atomic E-state index is 11.2. The molecule has 7 nitrogen and oxygen atoms in total. The van der Waals surface area contributed by atoms with E-state index in [-0.39, 0.29) is 5.56 Å². The molecule has 102 valence electrons. The van der Waals surface area contributed by atoms with Gasteiger partial charge in [0, 0.05) is 38.6 Å². The average Bonchev–Trinajstić information content (AvgIpc) is 2.95. The van der Waals surface area contributed by atoms with Crippen molar-refractivity contribution in [2.75, 3.05) is 38.1 Å². The number of carbonyl (C=O) groups excluding carboxylic acids is 1. The van der Waals surface area contributed by atoms with E-state index in [1.807, 2.05) is 0 Å². The van der Waals surface area contributed by atoms with Gasteiger partial charge in [0.05, 0.1) is 5.56 Å². The number of fused-ring (bicyclic) bond motifs is 1. The van der Waals surface area contributed by atoms with Gasteiger partial charge in [0.15, 0.2) is 0 Å². The molecule has 0 aliphatic carbocycles. The lowest BCUT2D eigenvalue weighted by molar-refractivity contribution is 0.0705. The Kier molecular flexibility index (Phi) is 3.08. The number of amides is 1. The van der Waals surface area contributed by atoms with Crippen LogP contribution in [0.3, 0.4) is 0 Å². The molecule has 2 fully saturated rings. The van der Waals surface area contributed by atoms with Gasteiger partial charge in [-0.1, -0.05) is 0 Å². The van der Waals surface area contributed by atoms with Gasteiger partial charge in [0.1, 0.15) is 0 Å². The predicted octanol–water partition coefficient (Wildman–Crippen LogP) is -0.407. The molecule has 7 heteroatoms. The highest BCUT2D eigenvalue weighted by molar-refractivity contribution is 5.92. The largest absolute Gasteiger partial charge is 0.340 e. The van der Waals surface area contributed by atoms with Crippen molar-refractivity contribution in [3.63, 3.8) is 0 Å². The van der Waals surface area contributed by atoms with E-state index < -0.39 is 5.91 Å². The Labute approximate surface area is 111 Å². The van der Waals surface area contributed by atoms with Crippen LogP contribution < -0.4 is 10.4 Å². The van der Waals surface area contributed by atoms with Gasteiger partial charge in [-0.15, -0.1) is 0 Å². The van der Waals surface area contributed by atoms with E-state index in [4.69, 9.17) is 5.21 Å². The first-order valence-corrected chi connectivity index (χ1v) is 6.37. The second kappa shape index (κ2) is 4.75. The van der Waals surface area contributed by atoms with Crippen molar-refractivity contribution in [3.8, 4) is 0 Å². The van der Waals surface area contributed by atoms with Crippen LogP contribution in [0.25, 0.3) is 0 Å². The number of likely N-dealkylation sites (tertiary alicyclic amines) is 1. The molecule has 19 heavy (non-hydrogen) atoms. The van der Waals surface area contributed by atoms with Crippen LogP contribution in [0.4, 0.5) is 5.95 Å². The Morgan fingerprint density at radius 1 is 1.26 bits per heavy atom. The van der Waals surface area contributed by atoms with Crippen LogP contribution in [-0.4, -0.2) is 59.2 Å². The molecule has 1 aromatic rings. The Bertz CT molecular complexity index is 464. The molecule has 2 N–H and O–H groups in total. The van der Waals surface area contributed by atoms with Crippen LogP contribution in [0.2, 0.25) is 0 Å². The zero-order valence-electron chi connectivity index (χ0n) is 10.8. The second-order valence-corrected chi connectivity index (χ2v) is 5.36.